The van der Waals surface area contributed by atoms with Gasteiger partial charge in [0.2, 0.25) is 10.0 Å². The van der Waals surface area contributed by atoms with Crippen molar-refractivity contribution < 1.29 is 28.4 Å². The molecule has 1 aromatic carbocycles. The monoisotopic (exact) mass is 394 g/mol. The number of pyridine rings is 1. The Morgan fingerprint density at radius 3 is 2.41 bits per heavy atom. The van der Waals surface area contributed by atoms with Gasteiger partial charge in [-0.2, -0.15) is 4.31 Å². The number of sulfonamides is 1. The molecule has 146 valence electrons. The normalized spacial score (nSPS) is 18.0. The number of morpholine rings is 1. The summed E-state index contributed by atoms with van der Waals surface area (Å²) >= 11 is 0. The quantitative estimate of drug-likeness (QED) is 0.667. The largest absolute Gasteiger partial charge is 0.508 e. The van der Waals surface area contributed by atoms with E-state index >= 15 is 0 Å². The summed E-state index contributed by atoms with van der Waals surface area (Å²) in [6.07, 6.45) is 0.642. The summed E-state index contributed by atoms with van der Waals surface area (Å²) < 4.78 is 31.8. The molecule has 9 heteroatoms. The Bertz CT molecular complexity index is 850. The highest BCUT2D eigenvalue weighted by Gasteiger charge is 2.28. The number of hydrogen-bond donors (Lipinski definition) is 3. The molecule has 0 bridgehead atoms. The maximum Gasteiger partial charge on any atom is 0.272 e. The first kappa shape index (κ1) is 19.6. The maximum absolute atomic E-state index is 12.6. The van der Waals surface area contributed by atoms with Crippen LogP contribution in [0.1, 0.15) is 18.6 Å². The average molecular weight is 394 g/mol. The van der Waals surface area contributed by atoms with Crippen molar-refractivity contribution in [2.75, 3.05) is 31.6 Å². The predicted molar refractivity (Wildman–Crippen MR) is 98.7 cm³/mol. The van der Waals surface area contributed by atoms with Gasteiger partial charge in [-0.1, -0.05) is 12.1 Å². The molecule has 0 radical (unpaired) electrons. The van der Waals surface area contributed by atoms with E-state index in [1.165, 1.54) is 28.7 Å². The van der Waals surface area contributed by atoms with Crippen molar-refractivity contribution in [3.05, 3.63) is 48.2 Å². The first-order valence-electron chi connectivity index (χ1n) is 8.71. The fraction of sp³-hybridized carbons (Fsp3) is 0.389. The van der Waals surface area contributed by atoms with Crippen molar-refractivity contribution in [3.8, 4) is 5.75 Å². The number of aliphatic hydroxyl groups excluding tert-OH is 1. The molecule has 1 fully saturated rings. The van der Waals surface area contributed by atoms with Crippen molar-refractivity contribution in [2.24, 2.45) is 0 Å². The third-order valence-corrected chi connectivity index (χ3v) is 6.38. The maximum atomic E-state index is 12.6. The molecule has 1 saturated heterocycles. The number of ether oxygens (including phenoxy) is 1. The number of aliphatic hydroxyl groups is 1. The fourth-order valence-electron chi connectivity index (χ4n) is 2.88. The van der Waals surface area contributed by atoms with E-state index in [2.05, 4.69) is 10.3 Å². The van der Waals surface area contributed by atoms with E-state index in [-0.39, 0.29) is 16.7 Å². The molecule has 1 aliphatic rings. The zero-order valence-electron chi connectivity index (χ0n) is 15.0. The second-order valence-corrected chi connectivity index (χ2v) is 8.36. The number of anilines is 1. The molecule has 1 aromatic heterocycles. The van der Waals surface area contributed by atoms with E-state index in [9.17, 15) is 18.6 Å². The molecule has 3 rings (SSSR count). The Morgan fingerprint density at radius 1 is 1.15 bits per heavy atom. The Labute approximate surface area is 158 Å². The molecule has 2 atom stereocenters. The number of aromatic amines is 1. The number of aromatic nitrogens is 1. The van der Waals surface area contributed by atoms with Crippen molar-refractivity contribution >= 4 is 15.8 Å². The van der Waals surface area contributed by atoms with Crippen LogP contribution < -0.4 is 10.3 Å². The molecule has 4 N–H and O–H groups in total. The van der Waals surface area contributed by atoms with Gasteiger partial charge in [0.25, 0.3) is 5.82 Å². The number of phenolic OH excluding ortho intramolecular Hbond substituents is 1. The molecule has 2 aromatic rings. The van der Waals surface area contributed by atoms with Gasteiger partial charge in [-0.3, -0.25) is 5.32 Å². The van der Waals surface area contributed by atoms with Gasteiger partial charge in [0, 0.05) is 19.2 Å². The zero-order chi connectivity index (χ0) is 19.4. The van der Waals surface area contributed by atoms with Crippen LogP contribution in [0.25, 0.3) is 0 Å². The molecule has 27 heavy (non-hydrogen) atoms. The highest BCUT2D eigenvalue weighted by atomic mass is 32.2. The highest BCUT2D eigenvalue weighted by Crippen LogP contribution is 2.22. The lowest BCUT2D eigenvalue weighted by atomic mass is 10.0. The smallest absolute Gasteiger partial charge is 0.272 e. The summed E-state index contributed by atoms with van der Waals surface area (Å²) in [5.74, 6) is 0.721. The lowest BCUT2D eigenvalue weighted by Gasteiger charge is -2.25. The molecule has 1 aliphatic heterocycles. The third-order valence-electron chi connectivity index (χ3n) is 4.48. The Morgan fingerprint density at radius 2 is 1.81 bits per heavy atom. The van der Waals surface area contributed by atoms with Crippen LogP contribution in [0.15, 0.2) is 47.5 Å². The molecular weight excluding hydrogens is 370 g/mol. The SMILES string of the molecule is C[C@H](Nc1ccc(S(=O)(=O)N2CCOCC2)c[nH+]1)[C@@H](O)c1ccc(O)cc1. The van der Waals surface area contributed by atoms with Gasteiger partial charge in [-0.15, -0.1) is 0 Å². The zero-order valence-corrected chi connectivity index (χ0v) is 15.8. The topological polar surface area (TPSA) is 113 Å². The molecule has 0 unspecified atom stereocenters. The van der Waals surface area contributed by atoms with E-state index in [1.54, 1.807) is 18.2 Å². The number of nitrogens with zero attached hydrogens (tertiary/aromatic N) is 1. The number of H-pyrrole nitrogens is 1. The minimum absolute atomic E-state index is 0.136. The van der Waals surface area contributed by atoms with Gasteiger partial charge in [0.15, 0.2) is 0 Å². The number of hydrogen-bond acceptors (Lipinski definition) is 6. The summed E-state index contributed by atoms with van der Waals surface area (Å²) in [6.45, 7) is 3.30. The summed E-state index contributed by atoms with van der Waals surface area (Å²) in [7, 11) is -3.55. The summed E-state index contributed by atoms with van der Waals surface area (Å²) in [6, 6.07) is 9.16. The summed E-state index contributed by atoms with van der Waals surface area (Å²) in [5, 5.41) is 22.9. The first-order chi connectivity index (χ1) is 12.9. The average Bonchev–Trinajstić information content (AvgIpc) is 2.69. The minimum atomic E-state index is -3.55. The van der Waals surface area contributed by atoms with Crippen LogP contribution in [0.5, 0.6) is 5.75 Å². The van der Waals surface area contributed by atoms with Crippen molar-refractivity contribution in [1.29, 1.82) is 0 Å². The van der Waals surface area contributed by atoms with Crippen molar-refractivity contribution in [2.45, 2.75) is 24.0 Å². The van der Waals surface area contributed by atoms with Gasteiger partial charge in [0.05, 0.1) is 13.2 Å². The van der Waals surface area contributed by atoms with Gasteiger partial charge >= 0.3 is 0 Å². The van der Waals surface area contributed by atoms with E-state index in [0.717, 1.165) is 0 Å². The van der Waals surface area contributed by atoms with Gasteiger partial charge in [-0.05, 0) is 30.7 Å². The second-order valence-electron chi connectivity index (χ2n) is 6.42. The lowest BCUT2D eigenvalue weighted by Crippen LogP contribution is -2.41. The Balaban J connectivity index is 1.67. The Kier molecular flexibility index (Phi) is 5.95. The molecular formula is C18H24N3O5S+. The minimum Gasteiger partial charge on any atom is -0.508 e. The number of rotatable bonds is 6. The fourth-order valence-corrected chi connectivity index (χ4v) is 4.26. The van der Waals surface area contributed by atoms with E-state index < -0.39 is 16.1 Å². The molecule has 2 heterocycles. The molecule has 0 saturated carbocycles. The molecule has 8 nitrogen and oxygen atoms in total. The summed E-state index contributed by atoms with van der Waals surface area (Å²) in [4.78, 5) is 3.11. The Hall–Kier alpha value is -2.20. The van der Waals surface area contributed by atoms with Crippen LogP contribution in [-0.2, 0) is 14.8 Å². The van der Waals surface area contributed by atoms with E-state index in [0.29, 0.717) is 37.7 Å². The van der Waals surface area contributed by atoms with Crippen LogP contribution in [0, 0.1) is 0 Å². The second kappa shape index (κ2) is 8.22. The lowest BCUT2D eigenvalue weighted by molar-refractivity contribution is -0.364. The first-order valence-corrected chi connectivity index (χ1v) is 10.1. The van der Waals surface area contributed by atoms with Crippen molar-refractivity contribution in [1.82, 2.24) is 4.31 Å². The van der Waals surface area contributed by atoms with E-state index in [1.807, 2.05) is 6.92 Å². The predicted octanol–water partition coefficient (Wildman–Crippen LogP) is 0.761. The number of aromatic hydroxyl groups is 1. The van der Waals surface area contributed by atoms with Crippen molar-refractivity contribution in [3.63, 3.8) is 0 Å². The van der Waals surface area contributed by atoms with Crippen LogP contribution in [-0.4, -0.2) is 55.3 Å². The number of nitrogens with one attached hydrogen (secondary N) is 2. The van der Waals surface area contributed by atoms with Crippen LogP contribution >= 0.6 is 0 Å². The number of benzene rings is 1. The van der Waals surface area contributed by atoms with Gasteiger partial charge in [0.1, 0.15) is 29.0 Å². The third kappa shape index (κ3) is 4.56. The number of phenols is 1. The van der Waals surface area contributed by atoms with Crippen LogP contribution in [0.4, 0.5) is 5.82 Å². The molecule has 0 spiro atoms. The molecule has 0 aliphatic carbocycles. The van der Waals surface area contributed by atoms with Gasteiger partial charge in [-0.25, -0.2) is 13.4 Å². The van der Waals surface area contributed by atoms with Gasteiger partial charge < -0.3 is 14.9 Å². The molecule has 0 amide bonds. The van der Waals surface area contributed by atoms with E-state index in [4.69, 9.17) is 4.74 Å². The summed E-state index contributed by atoms with van der Waals surface area (Å²) in [5.41, 5.74) is 0.666. The van der Waals surface area contributed by atoms with Crippen LogP contribution in [0.3, 0.4) is 0 Å². The van der Waals surface area contributed by atoms with Crippen LogP contribution in [0.2, 0.25) is 0 Å². The standard InChI is InChI=1S/C18H23N3O5S/c1-13(18(23)14-2-4-15(22)5-3-14)20-17-7-6-16(12-19-17)27(24,25)21-8-10-26-11-9-21/h2-7,12-13,18,22-23H,8-11H2,1H3,(H,19,20)/p+1/t13-,18+/m0/s1. The highest BCUT2D eigenvalue weighted by molar-refractivity contribution is 7.89.